The van der Waals surface area contributed by atoms with E-state index in [-0.39, 0.29) is 0 Å². The Labute approximate surface area is 198 Å². The third kappa shape index (κ3) is 4.79. The van der Waals surface area contributed by atoms with Gasteiger partial charge in [-0.05, 0) is 50.9 Å². The third-order valence-electron chi connectivity index (χ3n) is 6.45. The minimum atomic E-state index is 0.308. The van der Waals surface area contributed by atoms with Gasteiger partial charge in [-0.3, -0.25) is 9.88 Å². The number of nitrogen functional groups attached to an aromatic ring is 1. The second-order valence-electron chi connectivity index (χ2n) is 8.80. The van der Waals surface area contributed by atoms with Gasteiger partial charge in [-0.25, -0.2) is 9.97 Å². The van der Waals surface area contributed by atoms with Gasteiger partial charge in [0.15, 0.2) is 0 Å². The first kappa shape index (κ1) is 21.7. The fraction of sp³-hybridized carbons (Fsp3) is 0.320. The van der Waals surface area contributed by atoms with E-state index < -0.39 is 0 Å². The van der Waals surface area contributed by atoms with Crippen LogP contribution in [0.2, 0.25) is 5.02 Å². The molecule has 33 heavy (non-hydrogen) atoms. The van der Waals surface area contributed by atoms with Crippen LogP contribution in [0.1, 0.15) is 31.4 Å². The lowest BCUT2D eigenvalue weighted by molar-refractivity contribution is 0.176. The van der Waals surface area contributed by atoms with Gasteiger partial charge in [0.2, 0.25) is 5.95 Å². The summed E-state index contributed by atoms with van der Waals surface area (Å²) in [5.41, 5.74) is 10.3. The van der Waals surface area contributed by atoms with E-state index in [9.17, 15) is 0 Å². The minimum Gasteiger partial charge on any atom is -0.397 e. The van der Waals surface area contributed by atoms with Crippen molar-refractivity contribution in [2.45, 2.75) is 44.3 Å². The molecule has 0 amide bonds. The van der Waals surface area contributed by atoms with E-state index in [1.54, 1.807) is 12.4 Å². The molecule has 4 aromatic rings. The van der Waals surface area contributed by atoms with Crippen LogP contribution in [-0.2, 0) is 6.54 Å². The largest absolute Gasteiger partial charge is 0.397 e. The average molecular weight is 462 g/mol. The van der Waals surface area contributed by atoms with Crippen molar-refractivity contribution in [2.24, 2.45) is 0 Å². The van der Waals surface area contributed by atoms with Crippen molar-refractivity contribution in [2.75, 3.05) is 18.1 Å². The SMILES string of the molecule is CN(Cc1ccc(N)cn1)C1CCCC(Nc2ncc(Cl)c(-c3c[nH]c4ccccc34)n2)C1. The van der Waals surface area contributed by atoms with Crippen LogP contribution >= 0.6 is 11.6 Å². The van der Waals surface area contributed by atoms with Gasteiger partial charge in [0, 0.05) is 41.3 Å². The predicted molar refractivity (Wildman–Crippen MR) is 134 cm³/mol. The molecule has 1 aliphatic rings. The summed E-state index contributed by atoms with van der Waals surface area (Å²) >= 11 is 6.50. The summed E-state index contributed by atoms with van der Waals surface area (Å²) in [4.78, 5) is 19.4. The van der Waals surface area contributed by atoms with E-state index in [1.165, 1.54) is 6.42 Å². The number of halogens is 1. The van der Waals surface area contributed by atoms with Crippen LogP contribution < -0.4 is 11.1 Å². The molecular formula is C25H28ClN7. The molecule has 0 aliphatic heterocycles. The number of nitrogens with two attached hydrogens (primary N) is 1. The Morgan fingerprint density at radius 1 is 1.15 bits per heavy atom. The van der Waals surface area contributed by atoms with Crippen LogP contribution in [0.25, 0.3) is 22.2 Å². The summed E-state index contributed by atoms with van der Waals surface area (Å²) in [5, 5.41) is 5.21. The second kappa shape index (κ2) is 9.37. The number of para-hydroxylation sites is 1. The normalized spacial score (nSPS) is 18.6. The van der Waals surface area contributed by atoms with Gasteiger partial charge in [0.25, 0.3) is 0 Å². The topological polar surface area (TPSA) is 95.7 Å². The van der Waals surface area contributed by atoms with Gasteiger partial charge >= 0.3 is 0 Å². The first-order valence-electron chi connectivity index (χ1n) is 11.3. The number of aromatic nitrogens is 4. The number of fused-ring (bicyclic) bond motifs is 1. The third-order valence-corrected chi connectivity index (χ3v) is 6.73. The smallest absolute Gasteiger partial charge is 0.223 e. The van der Waals surface area contributed by atoms with Crippen molar-refractivity contribution in [3.63, 3.8) is 0 Å². The second-order valence-corrected chi connectivity index (χ2v) is 9.20. The molecule has 0 saturated heterocycles. The van der Waals surface area contributed by atoms with Crippen LogP contribution in [0, 0.1) is 0 Å². The van der Waals surface area contributed by atoms with E-state index >= 15 is 0 Å². The summed E-state index contributed by atoms with van der Waals surface area (Å²) in [6, 6.07) is 12.8. The van der Waals surface area contributed by atoms with Crippen molar-refractivity contribution in [3.8, 4) is 11.3 Å². The highest BCUT2D eigenvalue weighted by atomic mass is 35.5. The molecule has 170 valence electrons. The van der Waals surface area contributed by atoms with E-state index in [1.807, 2.05) is 36.5 Å². The highest BCUT2D eigenvalue weighted by Crippen LogP contribution is 2.33. The fourth-order valence-electron chi connectivity index (χ4n) is 4.69. The lowest BCUT2D eigenvalue weighted by Gasteiger charge is -2.35. The first-order chi connectivity index (χ1) is 16.1. The number of benzene rings is 1. The molecule has 0 spiro atoms. The summed E-state index contributed by atoms with van der Waals surface area (Å²) in [7, 11) is 2.17. The Hall–Kier alpha value is -3.16. The molecule has 7 nitrogen and oxygen atoms in total. The fourth-order valence-corrected chi connectivity index (χ4v) is 4.88. The quantitative estimate of drug-likeness (QED) is 0.369. The van der Waals surface area contributed by atoms with Crippen molar-refractivity contribution < 1.29 is 0 Å². The van der Waals surface area contributed by atoms with Crippen LogP contribution in [0.3, 0.4) is 0 Å². The van der Waals surface area contributed by atoms with Crippen molar-refractivity contribution >= 4 is 34.1 Å². The number of hydrogen-bond acceptors (Lipinski definition) is 6. The molecule has 8 heteroatoms. The monoisotopic (exact) mass is 461 g/mol. The zero-order valence-corrected chi connectivity index (χ0v) is 19.4. The number of aromatic amines is 1. The maximum absolute atomic E-state index is 6.50. The Morgan fingerprint density at radius 2 is 2.03 bits per heavy atom. The number of anilines is 2. The molecule has 0 bridgehead atoms. The van der Waals surface area contributed by atoms with Gasteiger partial charge in [0.05, 0.1) is 34.5 Å². The van der Waals surface area contributed by atoms with Gasteiger partial charge in [-0.1, -0.05) is 29.8 Å². The van der Waals surface area contributed by atoms with Crippen molar-refractivity contribution in [1.29, 1.82) is 0 Å². The summed E-state index contributed by atoms with van der Waals surface area (Å²) in [6.07, 6.45) is 9.82. The molecule has 4 N–H and O–H groups in total. The van der Waals surface area contributed by atoms with Crippen LogP contribution in [0.4, 0.5) is 11.6 Å². The molecule has 3 aromatic heterocycles. The lowest BCUT2D eigenvalue weighted by atomic mass is 9.90. The van der Waals surface area contributed by atoms with Gasteiger partial charge in [-0.2, -0.15) is 0 Å². The van der Waals surface area contributed by atoms with Crippen LogP contribution in [0.5, 0.6) is 0 Å². The summed E-state index contributed by atoms with van der Waals surface area (Å²) < 4.78 is 0. The Kier molecular flexibility index (Phi) is 6.15. The summed E-state index contributed by atoms with van der Waals surface area (Å²) in [5.74, 6) is 0.619. The maximum Gasteiger partial charge on any atom is 0.223 e. The predicted octanol–water partition coefficient (Wildman–Crippen LogP) is 5.11. The summed E-state index contributed by atoms with van der Waals surface area (Å²) in [6.45, 7) is 0.805. The number of nitrogens with zero attached hydrogens (tertiary/aromatic N) is 4. The molecule has 0 radical (unpaired) electrons. The molecule has 1 aliphatic carbocycles. The molecule has 1 saturated carbocycles. The van der Waals surface area contributed by atoms with Crippen LogP contribution in [0.15, 0.2) is 55.0 Å². The first-order valence-corrected chi connectivity index (χ1v) is 11.7. The van der Waals surface area contributed by atoms with Crippen molar-refractivity contribution in [3.05, 3.63) is 65.7 Å². The number of nitrogens with one attached hydrogen (secondary N) is 2. The van der Waals surface area contributed by atoms with Gasteiger partial charge < -0.3 is 16.0 Å². The zero-order chi connectivity index (χ0) is 22.8. The molecule has 1 aromatic carbocycles. The standard InChI is InChI=1S/C25H28ClN7/c1-33(15-18-10-9-16(27)12-28-18)19-6-4-5-17(11-19)31-25-30-14-22(26)24(32-25)21-13-29-23-8-3-2-7-20(21)23/h2-3,7-10,12-14,17,19,29H,4-6,11,15,27H2,1H3,(H,30,31,32). The highest BCUT2D eigenvalue weighted by Gasteiger charge is 2.26. The Balaban J connectivity index is 1.29. The van der Waals surface area contributed by atoms with E-state index in [4.69, 9.17) is 22.3 Å². The zero-order valence-electron chi connectivity index (χ0n) is 18.6. The minimum absolute atomic E-state index is 0.308. The Morgan fingerprint density at radius 3 is 2.88 bits per heavy atom. The maximum atomic E-state index is 6.50. The number of H-pyrrole nitrogens is 1. The molecule has 2 atom stereocenters. The molecule has 1 fully saturated rings. The number of rotatable bonds is 6. The van der Waals surface area contributed by atoms with Crippen molar-refractivity contribution in [1.82, 2.24) is 24.8 Å². The number of hydrogen-bond donors (Lipinski definition) is 3. The lowest BCUT2D eigenvalue weighted by Crippen LogP contribution is -2.40. The Bertz CT molecular complexity index is 1240. The number of pyridine rings is 1. The average Bonchev–Trinajstić information content (AvgIpc) is 3.26. The molecular weight excluding hydrogens is 434 g/mol. The van der Waals surface area contributed by atoms with E-state index in [0.717, 1.165) is 53.7 Å². The molecule has 2 unspecified atom stereocenters. The van der Waals surface area contributed by atoms with Gasteiger partial charge in [-0.15, -0.1) is 0 Å². The highest BCUT2D eigenvalue weighted by molar-refractivity contribution is 6.33. The van der Waals surface area contributed by atoms with Crippen LogP contribution in [-0.4, -0.2) is 44.0 Å². The molecule has 5 rings (SSSR count). The van der Waals surface area contributed by atoms with Gasteiger partial charge in [0.1, 0.15) is 0 Å². The van der Waals surface area contributed by atoms with E-state index in [2.05, 4.69) is 38.3 Å². The van der Waals surface area contributed by atoms with E-state index in [0.29, 0.717) is 28.7 Å². The molecule has 3 heterocycles.